The molecular weight excluding hydrogens is 231 g/mol. The van der Waals surface area contributed by atoms with Crippen LogP contribution < -0.4 is 0 Å². The van der Waals surface area contributed by atoms with Crippen molar-refractivity contribution in [1.29, 1.82) is 0 Å². The number of alkyl halides is 3. The highest BCUT2D eigenvalue weighted by atomic mass is 19.4. The third-order valence-electron chi connectivity index (χ3n) is 2.75. The third-order valence-corrected chi connectivity index (χ3v) is 2.75. The van der Waals surface area contributed by atoms with Crippen molar-refractivity contribution in [3.8, 4) is 0 Å². The van der Waals surface area contributed by atoms with E-state index < -0.39 is 6.36 Å². The van der Waals surface area contributed by atoms with Gasteiger partial charge in [0, 0.05) is 5.71 Å². The molecular formula is C12H18F3NO. The topological polar surface area (TPSA) is 21.6 Å². The number of rotatable bonds is 3. The Hall–Kier alpha value is -1.00. The van der Waals surface area contributed by atoms with Crippen LogP contribution in [0.3, 0.4) is 0 Å². The van der Waals surface area contributed by atoms with Gasteiger partial charge in [-0.15, -0.1) is 13.2 Å². The molecule has 0 aromatic carbocycles. The monoisotopic (exact) mass is 249 g/mol. The predicted molar refractivity (Wildman–Crippen MR) is 60.5 cm³/mol. The molecule has 0 N–H and O–H groups in total. The van der Waals surface area contributed by atoms with E-state index >= 15 is 0 Å². The van der Waals surface area contributed by atoms with Gasteiger partial charge in [-0.3, -0.25) is 0 Å². The molecule has 0 atom stereocenters. The molecule has 0 amide bonds. The maximum Gasteiger partial charge on any atom is 0.574 e. The van der Waals surface area contributed by atoms with Crippen LogP contribution in [0.15, 0.2) is 16.4 Å². The second kappa shape index (κ2) is 5.10. The average Bonchev–Trinajstić information content (AvgIpc) is 2.14. The molecule has 1 heterocycles. The fourth-order valence-electron chi connectivity index (χ4n) is 1.78. The number of allylic oxidation sites excluding steroid dienone is 1. The Kier molecular flexibility index (Phi) is 4.22. The minimum Gasteiger partial charge on any atom is -0.388 e. The second-order valence-corrected chi connectivity index (χ2v) is 4.79. The minimum absolute atomic E-state index is 0.0183. The molecule has 0 fully saturated rings. The van der Waals surface area contributed by atoms with Crippen molar-refractivity contribution >= 4 is 5.71 Å². The van der Waals surface area contributed by atoms with Gasteiger partial charge in [0.2, 0.25) is 5.88 Å². The van der Waals surface area contributed by atoms with Crippen molar-refractivity contribution in [2.75, 3.05) is 0 Å². The van der Waals surface area contributed by atoms with Crippen LogP contribution in [0.4, 0.5) is 13.2 Å². The Bertz CT molecular complexity index is 340. The smallest absolute Gasteiger partial charge is 0.388 e. The number of nitrogens with zero attached hydrogens (tertiary/aromatic N) is 1. The van der Waals surface area contributed by atoms with E-state index in [2.05, 4.69) is 9.73 Å². The molecule has 1 aliphatic heterocycles. The molecule has 17 heavy (non-hydrogen) atoms. The highest BCUT2D eigenvalue weighted by Gasteiger charge is 2.35. The number of hydrogen-bond acceptors (Lipinski definition) is 2. The van der Waals surface area contributed by atoms with Crippen molar-refractivity contribution in [3.63, 3.8) is 0 Å². The summed E-state index contributed by atoms with van der Waals surface area (Å²) in [5, 5.41) is 0. The summed E-state index contributed by atoms with van der Waals surface area (Å²) in [6.45, 7) is 7.55. The summed E-state index contributed by atoms with van der Waals surface area (Å²) < 4.78 is 40.9. The fraction of sp³-hybridized carbons (Fsp3) is 0.750. The molecule has 0 saturated heterocycles. The van der Waals surface area contributed by atoms with Crippen molar-refractivity contribution in [2.24, 2.45) is 16.8 Å². The SMILES string of the molecule is CC(C)C1=NC(OC(F)(F)F)=C(C(C)C)CC1. The lowest BCUT2D eigenvalue weighted by Crippen LogP contribution is -2.20. The van der Waals surface area contributed by atoms with Crippen LogP contribution >= 0.6 is 0 Å². The third kappa shape index (κ3) is 4.06. The van der Waals surface area contributed by atoms with E-state index in [9.17, 15) is 13.2 Å². The van der Waals surface area contributed by atoms with Crippen molar-refractivity contribution < 1.29 is 17.9 Å². The van der Waals surface area contributed by atoms with Gasteiger partial charge in [-0.2, -0.15) is 0 Å². The number of hydrogen-bond donors (Lipinski definition) is 0. The summed E-state index contributed by atoms with van der Waals surface area (Å²) in [6, 6.07) is 0. The van der Waals surface area contributed by atoms with E-state index in [1.54, 1.807) is 0 Å². The highest BCUT2D eigenvalue weighted by Crippen LogP contribution is 2.32. The van der Waals surface area contributed by atoms with Crippen molar-refractivity contribution in [2.45, 2.75) is 46.9 Å². The number of aliphatic imine (C=N–C) groups is 1. The van der Waals surface area contributed by atoms with Crippen LogP contribution in [0.5, 0.6) is 0 Å². The van der Waals surface area contributed by atoms with Gasteiger partial charge < -0.3 is 4.74 Å². The quantitative estimate of drug-likeness (QED) is 0.731. The average molecular weight is 249 g/mol. The standard InChI is InChI=1S/C12H18F3NO/c1-7(2)9-5-6-10(8(3)4)16-11(9)17-12(13,14)15/h7-8H,5-6H2,1-4H3. The Morgan fingerprint density at radius 1 is 1.06 bits per heavy atom. The predicted octanol–water partition coefficient (Wildman–Crippen LogP) is 4.28. The van der Waals surface area contributed by atoms with Crippen LogP contribution in [0.2, 0.25) is 0 Å². The van der Waals surface area contributed by atoms with E-state index in [0.717, 1.165) is 12.1 Å². The molecule has 5 heteroatoms. The second-order valence-electron chi connectivity index (χ2n) is 4.79. The summed E-state index contributed by atoms with van der Waals surface area (Å²) in [4.78, 5) is 4.02. The van der Waals surface area contributed by atoms with Crippen LogP contribution in [-0.4, -0.2) is 12.1 Å². The molecule has 0 bridgehead atoms. The van der Waals surface area contributed by atoms with E-state index in [-0.39, 0.29) is 17.7 Å². The molecule has 0 unspecified atom stereocenters. The van der Waals surface area contributed by atoms with Crippen molar-refractivity contribution in [1.82, 2.24) is 0 Å². The molecule has 1 aliphatic rings. The summed E-state index contributed by atoms with van der Waals surface area (Å²) in [5.74, 6) is -0.0807. The lowest BCUT2D eigenvalue weighted by molar-refractivity contribution is -0.306. The fourth-order valence-corrected chi connectivity index (χ4v) is 1.78. The first-order chi connectivity index (χ1) is 7.70. The van der Waals surface area contributed by atoms with Crippen molar-refractivity contribution in [3.05, 3.63) is 11.5 Å². The van der Waals surface area contributed by atoms with Gasteiger partial charge in [-0.25, -0.2) is 4.99 Å². The normalized spacial score (nSPS) is 17.8. The Labute approximate surface area is 99.6 Å². The van der Waals surface area contributed by atoms with Crippen LogP contribution in [0, 0.1) is 11.8 Å². The van der Waals surface area contributed by atoms with Crippen LogP contribution in [0.1, 0.15) is 40.5 Å². The number of halogens is 3. The Morgan fingerprint density at radius 3 is 2.06 bits per heavy atom. The minimum atomic E-state index is -4.67. The van der Waals surface area contributed by atoms with E-state index in [1.165, 1.54) is 0 Å². The summed E-state index contributed by atoms with van der Waals surface area (Å²) >= 11 is 0. The van der Waals surface area contributed by atoms with Gasteiger partial charge in [0.1, 0.15) is 0 Å². The molecule has 2 nitrogen and oxygen atoms in total. The summed E-state index contributed by atoms with van der Waals surface area (Å²) in [7, 11) is 0. The summed E-state index contributed by atoms with van der Waals surface area (Å²) in [5.41, 5.74) is 1.42. The summed E-state index contributed by atoms with van der Waals surface area (Å²) in [6.07, 6.45) is -3.35. The molecule has 1 rings (SSSR count). The van der Waals surface area contributed by atoms with Gasteiger partial charge in [0.15, 0.2) is 0 Å². The van der Waals surface area contributed by atoms with Gasteiger partial charge in [-0.1, -0.05) is 27.7 Å². The zero-order chi connectivity index (χ0) is 13.2. The lowest BCUT2D eigenvalue weighted by Gasteiger charge is -2.23. The maximum absolute atomic E-state index is 12.3. The molecule has 0 aromatic heterocycles. The van der Waals surface area contributed by atoms with Gasteiger partial charge in [-0.05, 0) is 30.3 Å². The Morgan fingerprint density at radius 2 is 1.65 bits per heavy atom. The molecule has 0 spiro atoms. The van der Waals surface area contributed by atoms with E-state index in [1.807, 2.05) is 27.7 Å². The molecule has 0 radical (unpaired) electrons. The first-order valence-electron chi connectivity index (χ1n) is 5.77. The zero-order valence-electron chi connectivity index (χ0n) is 10.6. The molecule has 0 saturated carbocycles. The van der Waals surface area contributed by atoms with Crippen LogP contribution in [-0.2, 0) is 4.74 Å². The molecule has 98 valence electrons. The maximum atomic E-state index is 12.3. The lowest BCUT2D eigenvalue weighted by atomic mass is 9.92. The highest BCUT2D eigenvalue weighted by molar-refractivity contribution is 5.88. The Balaban J connectivity index is 3.04. The van der Waals surface area contributed by atoms with Crippen LogP contribution in [0.25, 0.3) is 0 Å². The molecule has 0 aliphatic carbocycles. The largest absolute Gasteiger partial charge is 0.574 e. The zero-order valence-corrected chi connectivity index (χ0v) is 10.6. The number of ether oxygens (including phenoxy) is 1. The van der Waals surface area contributed by atoms with E-state index in [0.29, 0.717) is 12.0 Å². The first-order valence-corrected chi connectivity index (χ1v) is 5.77. The van der Waals surface area contributed by atoms with E-state index in [4.69, 9.17) is 0 Å². The first kappa shape index (κ1) is 14.1. The molecule has 0 aromatic rings. The van der Waals surface area contributed by atoms with Gasteiger partial charge in [0.05, 0.1) is 0 Å². The van der Waals surface area contributed by atoms with Gasteiger partial charge in [0.25, 0.3) is 0 Å². The van der Waals surface area contributed by atoms with Gasteiger partial charge >= 0.3 is 6.36 Å².